The molecule has 1 aromatic rings. The molecule has 0 fully saturated rings. The molecule has 0 bridgehead atoms. The minimum absolute atomic E-state index is 0.305. The van der Waals surface area contributed by atoms with Gasteiger partial charge in [0.2, 0.25) is 0 Å². The van der Waals surface area contributed by atoms with Crippen molar-refractivity contribution >= 4 is 0 Å². The predicted octanol–water partition coefficient (Wildman–Crippen LogP) is 3.31. The summed E-state index contributed by atoms with van der Waals surface area (Å²) in [6.45, 7) is 3.38. The van der Waals surface area contributed by atoms with E-state index in [0.29, 0.717) is 12.1 Å². The summed E-state index contributed by atoms with van der Waals surface area (Å²) >= 11 is 0. The highest BCUT2D eigenvalue weighted by Gasteiger charge is 2.33. The van der Waals surface area contributed by atoms with Gasteiger partial charge in [-0.15, -0.1) is 0 Å². The fraction of sp³-hybridized carbons (Fsp3) is 0.571. The van der Waals surface area contributed by atoms with Gasteiger partial charge in [-0.05, 0) is 52.2 Å². The fourth-order valence-corrected chi connectivity index (χ4v) is 1.96. The van der Waals surface area contributed by atoms with Gasteiger partial charge in [-0.2, -0.15) is 13.2 Å². The van der Waals surface area contributed by atoms with Gasteiger partial charge >= 0.3 is 6.18 Å². The van der Waals surface area contributed by atoms with Crippen LogP contribution in [0.5, 0.6) is 0 Å². The monoisotopic (exact) mass is 274 g/mol. The van der Waals surface area contributed by atoms with E-state index in [1.54, 1.807) is 13.0 Å². The molecule has 1 N–H and O–H groups in total. The molecule has 0 aromatic heterocycles. The maximum Gasteiger partial charge on any atom is 0.416 e. The standard InChI is InChI=1S/C14H21F3N2/c1-11(18-9-6-10-19(2)3)12-7-4-5-8-13(12)14(15,16)17/h4-5,7-8,11,18H,6,9-10H2,1-3H3. The third kappa shape index (κ3) is 5.20. The molecule has 0 aliphatic heterocycles. The van der Waals surface area contributed by atoms with Gasteiger partial charge in [0.25, 0.3) is 0 Å². The number of benzene rings is 1. The molecule has 5 heteroatoms. The van der Waals surface area contributed by atoms with Crippen molar-refractivity contribution < 1.29 is 13.2 Å². The van der Waals surface area contributed by atoms with E-state index in [1.807, 2.05) is 14.1 Å². The Hall–Kier alpha value is -1.07. The molecule has 1 unspecified atom stereocenters. The number of rotatable bonds is 6. The maximum atomic E-state index is 12.9. The van der Waals surface area contributed by atoms with Crippen LogP contribution in [0.1, 0.15) is 30.5 Å². The SMILES string of the molecule is CC(NCCCN(C)C)c1ccccc1C(F)(F)F. The van der Waals surface area contributed by atoms with Crippen LogP contribution in [0.2, 0.25) is 0 Å². The average Bonchev–Trinajstić information content (AvgIpc) is 2.33. The molecule has 0 saturated carbocycles. The lowest BCUT2D eigenvalue weighted by atomic mass is 10.0. The van der Waals surface area contributed by atoms with E-state index < -0.39 is 11.7 Å². The van der Waals surface area contributed by atoms with E-state index in [9.17, 15) is 13.2 Å². The number of alkyl halides is 3. The van der Waals surface area contributed by atoms with E-state index in [4.69, 9.17) is 0 Å². The molecule has 19 heavy (non-hydrogen) atoms. The first-order chi connectivity index (χ1) is 8.82. The minimum atomic E-state index is -4.30. The van der Waals surface area contributed by atoms with Crippen molar-refractivity contribution in [3.05, 3.63) is 35.4 Å². The summed E-state index contributed by atoms with van der Waals surface area (Å²) in [6.07, 6.45) is -3.39. The van der Waals surface area contributed by atoms with Gasteiger partial charge in [0, 0.05) is 6.04 Å². The second-order valence-electron chi connectivity index (χ2n) is 4.92. The first kappa shape index (κ1) is 16.0. The molecule has 1 atom stereocenters. The summed E-state index contributed by atoms with van der Waals surface area (Å²) < 4.78 is 38.6. The first-order valence-corrected chi connectivity index (χ1v) is 6.36. The summed E-state index contributed by atoms with van der Waals surface area (Å²) in [5, 5.41) is 3.14. The van der Waals surface area contributed by atoms with Crippen LogP contribution in [0.4, 0.5) is 13.2 Å². The smallest absolute Gasteiger partial charge is 0.310 e. The van der Waals surface area contributed by atoms with Crippen molar-refractivity contribution in [1.29, 1.82) is 0 Å². The zero-order valence-corrected chi connectivity index (χ0v) is 11.6. The third-order valence-electron chi connectivity index (χ3n) is 2.97. The summed E-state index contributed by atoms with van der Waals surface area (Å²) in [5.74, 6) is 0. The number of hydrogen-bond donors (Lipinski definition) is 1. The molecule has 1 rings (SSSR count). The van der Waals surface area contributed by atoms with Gasteiger partial charge in [-0.3, -0.25) is 0 Å². The molecule has 0 amide bonds. The van der Waals surface area contributed by atoms with Crippen LogP contribution in [0.25, 0.3) is 0 Å². The Morgan fingerprint density at radius 2 is 1.84 bits per heavy atom. The van der Waals surface area contributed by atoms with E-state index >= 15 is 0 Å². The number of hydrogen-bond acceptors (Lipinski definition) is 2. The summed E-state index contributed by atoms with van der Waals surface area (Å²) in [5.41, 5.74) is -0.248. The lowest BCUT2D eigenvalue weighted by molar-refractivity contribution is -0.138. The Kier molecular flexibility index (Phi) is 5.82. The Morgan fingerprint density at radius 1 is 1.21 bits per heavy atom. The van der Waals surface area contributed by atoms with Gasteiger partial charge in [-0.25, -0.2) is 0 Å². The minimum Gasteiger partial charge on any atom is -0.310 e. The largest absolute Gasteiger partial charge is 0.416 e. The van der Waals surface area contributed by atoms with Crippen molar-refractivity contribution in [1.82, 2.24) is 10.2 Å². The first-order valence-electron chi connectivity index (χ1n) is 6.36. The molecule has 0 heterocycles. The average molecular weight is 274 g/mol. The van der Waals surface area contributed by atoms with Crippen LogP contribution in [-0.2, 0) is 6.18 Å². The number of nitrogens with one attached hydrogen (secondary N) is 1. The van der Waals surface area contributed by atoms with E-state index in [0.717, 1.165) is 19.0 Å². The molecule has 2 nitrogen and oxygen atoms in total. The van der Waals surface area contributed by atoms with Gasteiger partial charge in [0.15, 0.2) is 0 Å². The molecule has 0 saturated heterocycles. The van der Waals surface area contributed by atoms with Crippen LogP contribution in [0, 0.1) is 0 Å². The van der Waals surface area contributed by atoms with Gasteiger partial charge in [0.05, 0.1) is 5.56 Å². The zero-order valence-electron chi connectivity index (χ0n) is 11.6. The molecule has 0 spiro atoms. The van der Waals surface area contributed by atoms with Crippen LogP contribution in [0.15, 0.2) is 24.3 Å². The Morgan fingerprint density at radius 3 is 2.42 bits per heavy atom. The highest BCUT2D eigenvalue weighted by atomic mass is 19.4. The summed E-state index contributed by atoms with van der Waals surface area (Å²) in [6, 6.07) is 5.42. The summed E-state index contributed by atoms with van der Waals surface area (Å²) in [7, 11) is 3.95. The molecular weight excluding hydrogens is 253 g/mol. The second-order valence-corrected chi connectivity index (χ2v) is 4.92. The molecule has 108 valence electrons. The van der Waals surface area contributed by atoms with Gasteiger partial charge in [0.1, 0.15) is 0 Å². The van der Waals surface area contributed by atoms with E-state index in [-0.39, 0.29) is 6.04 Å². The lowest BCUT2D eigenvalue weighted by Crippen LogP contribution is -2.25. The van der Waals surface area contributed by atoms with Crippen molar-refractivity contribution in [2.45, 2.75) is 25.6 Å². The molecule has 0 aliphatic carbocycles. The van der Waals surface area contributed by atoms with Gasteiger partial charge in [-0.1, -0.05) is 18.2 Å². The molecular formula is C14H21F3N2. The maximum absolute atomic E-state index is 12.9. The summed E-state index contributed by atoms with van der Waals surface area (Å²) in [4.78, 5) is 2.05. The molecule has 0 radical (unpaired) electrons. The number of nitrogens with zero attached hydrogens (tertiary/aromatic N) is 1. The Balaban J connectivity index is 2.64. The van der Waals surface area contributed by atoms with Crippen molar-refractivity contribution in [2.24, 2.45) is 0 Å². The third-order valence-corrected chi connectivity index (χ3v) is 2.97. The van der Waals surface area contributed by atoms with Gasteiger partial charge < -0.3 is 10.2 Å². The topological polar surface area (TPSA) is 15.3 Å². The fourth-order valence-electron chi connectivity index (χ4n) is 1.96. The number of halogens is 3. The molecule has 0 aliphatic rings. The highest BCUT2D eigenvalue weighted by Crippen LogP contribution is 2.34. The van der Waals surface area contributed by atoms with E-state index in [1.165, 1.54) is 12.1 Å². The second kappa shape index (κ2) is 6.91. The predicted molar refractivity (Wildman–Crippen MR) is 71.0 cm³/mol. The lowest BCUT2D eigenvalue weighted by Gasteiger charge is -2.20. The molecule has 1 aromatic carbocycles. The Labute approximate surface area is 112 Å². The highest BCUT2D eigenvalue weighted by molar-refractivity contribution is 5.31. The van der Waals surface area contributed by atoms with Crippen molar-refractivity contribution in [2.75, 3.05) is 27.2 Å². The van der Waals surface area contributed by atoms with Crippen molar-refractivity contribution in [3.8, 4) is 0 Å². The zero-order chi connectivity index (χ0) is 14.5. The van der Waals surface area contributed by atoms with Crippen molar-refractivity contribution in [3.63, 3.8) is 0 Å². The van der Waals surface area contributed by atoms with Crippen LogP contribution >= 0.6 is 0 Å². The quantitative estimate of drug-likeness (QED) is 0.801. The normalized spacial score (nSPS) is 13.8. The Bertz CT molecular complexity index is 389. The van der Waals surface area contributed by atoms with Crippen LogP contribution < -0.4 is 5.32 Å². The van der Waals surface area contributed by atoms with E-state index in [2.05, 4.69) is 10.2 Å². The van der Waals surface area contributed by atoms with Crippen LogP contribution in [0.3, 0.4) is 0 Å². The van der Waals surface area contributed by atoms with Crippen LogP contribution in [-0.4, -0.2) is 32.1 Å².